The zero-order chi connectivity index (χ0) is 18.4. The number of nitrogens with one attached hydrogen (secondary N) is 1. The van der Waals surface area contributed by atoms with E-state index in [0.29, 0.717) is 23.7 Å². The van der Waals surface area contributed by atoms with Gasteiger partial charge in [0, 0.05) is 17.1 Å². The highest BCUT2D eigenvalue weighted by Gasteiger charge is 2.15. The van der Waals surface area contributed by atoms with E-state index in [0.717, 1.165) is 11.4 Å². The Balaban J connectivity index is 1.68. The van der Waals surface area contributed by atoms with Gasteiger partial charge in [-0.1, -0.05) is 6.07 Å². The lowest BCUT2D eigenvalue weighted by Gasteiger charge is -2.15. The van der Waals surface area contributed by atoms with Crippen LogP contribution in [0.3, 0.4) is 0 Å². The van der Waals surface area contributed by atoms with Crippen molar-refractivity contribution in [1.82, 2.24) is 15.3 Å². The molecule has 134 valence electrons. The molecule has 0 spiro atoms. The minimum absolute atomic E-state index is 0.199. The van der Waals surface area contributed by atoms with Crippen LogP contribution >= 0.6 is 11.3 Å². The molecular weight excluding hydrogens is 350 g/mol. The Morgan fingerprint density at radius 2 is 2.12 bits per heavy atom. The lowest BCUT2D eigenvalue weighted by molar-refractivity contribution is 0.0938. The number of pyridine rings is 1. The molecule has 1 amide bonds. The molecule has 1 aromatic carbocycles. The maximum atomic E-state index is 12.5. The highest BCUT2D eigenvalue weighted by molar-refractivity contribution is 7.07. The molecule has 0 fully saturated rings. The van der Waals surface area contributed by atoms with Gasteiger partial charge in [0.2, 0.25) is 0 Å². The molecule has 2 heterocycles. The van der Waals surface area contributed by atoms with Crippen LogP contribution in [0.4, 0.5) is 0 Å². The van der Waals surface area contributed by atoms with Crippen molar-refractivity contribution in [1.29, 1.82) is 0 Å². The first kappa shape index (κ1) is 17.9. The van der Waals surface area contributed by atoms with Crippen LogP contribution in [0.1, 0.15) is 34.7 Å². The highest BCUT2D eigenvalue weighted by Crippen LogP contribution is 2.29. The van der Waals surface area contributed by atoms with Crippen LogP contribution in [0.5, 0.6) is 11.5 Å². The molecule has 0 bridgehead atoms. The molecule has 0 aliphatic heterocycles. The Kier molecular flexibility index (Phi) is 5.80. The summed E-state index contributed by atoms with van der Waals surface area (Å²) < 4.78 is 11.1. The van der Waals surface area contributed by atoms with E-state index in [-0.39, 0.29) is 11.9 Å². The summed E-state index contributed by atoms with van der Waals surface area (Å²) in [6, 6.07) is 10.5. The molecule has 2 aromatic heterocycles. The molecular formula is C19H19N3O3S. The number of aromatic nitrogens is 2. The van der Waals surface area contributed by atoms with Gasteiger partial charge in [-0.05, 0) is 37.3 Å². The summed E-state index contributed by atoms with van der Waals surface area (Å²) in [6.07, 6.45) is 1.70. The number of hydrogen-bond donors (Lipinski definition) is 1. The van der Waals surface area contributed by atoms with Gasteiger partial charge in [-0.3, -0.25) is 9.78 Å². The van der Waals surface area contributed by atoms with Crippen molar-refractivity contribution < 1.29 is 14.3 Å². The van der Waals surface area contributed by atoms with Gasteiger partial charge in [-0.2, -0.15) is 0 Å². The summed E-state index contributed by atoms with van der Waals surface area (Å²) in [5.41, 5.74) is 3.90. The standard InChI is InChI=1S/C19H19N3O3S/c1-13(16-5-3-4-8-20-16)22-19(23)14-6-7-17(18(9-14)24-2)25-10-15-11-26-12-21-15/h3-9,11-13H,10H2,1-2H3,(H,22,23). The second kappa shape index (κ2) is 8.44. The number of benzene rings is 1. The summed E-state index contributed by atoms with van der Waals surface area (Å²) >= 11 is 1.51. The fourth-order valence-electron chi connectivity index (χ4n) is 2.37. The first-order chi connectivity index (χ1) is 12.7. The van der Waals surface area contributed by atoms with Gasteiger partial charge in [-0.25, -0.2) is 4.98 Å². The number of rotatable bonds is 7. The summed E-state index contributed by atoms with van der Waals surface area (Å²) in [5, 5.41) is 4.86. The molecule has 7 heteroatoms. The van der Waals surface area contributed by atoms with E-state index >= 15 is 0 Å². The Bertz CT molecular complexity index is 854. The Morgan fingerprint density at radius 1 is 1.23 bits per heavy atom. The van der Waals surface area contributed by atoms with Crippen molar-refractivity contribution in [3.63, 3.8) is 0 Å². The highest BCUT2D eigenvalue weighted by atomic mass is 32.1. The van der Waals surface area contributed by atoms with Crippen LogP contribution in [-0.2, 0) is 6.61 Å². The van der Waals surface area contributed by atoms with Crippen LogP contribution in [-0.4, -0.2) is 23.0 Å². The molecule has 0 aliphatic rings. The van der Waals surface area contributed by atoms with Crippen LogP contribution in [0.2, 0.25) is 0 Å². The van der Waals surface area contributed by atoms with Crippen molar-refractivity contribution >= 4 is 17.2 Å². The Hall–Kier alpha value is -2.93. The minimum Gasteiger partial charge on any atom is -0.493 e. The number of thiazole rings is 1. The van der Waals surface area contributed by atoms with E-state index in [4.69, 9.17) is 9.47 Å². The third-order valence-corrected chi connectivity index (χ3v) is 4.40. The smallest absolute Gasteiger partial charge is 0.251 e. The number of hydrogen-bond acceptors (Lipinski definition) is 6. The van der Waals surface area contributed by atoms with E-state index in [2.05, 4.69) is 15.3 Å². The van der Waals surface area contributed by atoms with Gasteiger partial charge in [0.25, 0.3) is 5.91 Å². The first-order valence-corrected chi connectivity index (χ1v) is 9.01. The molecule has 1 atom stereocenters. The van der Waals surface area contributed by atoms with E-state index in [1.165, 1.54) is 11.3 Å². The Morgan fingerprint density at radius 3 is 2.81 bits per heavy atom. The van der Waals surface area contributed by atoms with Gasteiger partial charge in [0.15, 0.2) is 11.5 Å². The number of methoxy groups -OCH3 is 1. The summed E-state index contributed by atoms with van der Waals surface area (Å²) in [6.45, 7) is 2.24. The monoisotopic (exact) mass is 369 g/mol. The number of carbonyl (C=O) groups excluding carboxylic acids is 1. The molecule has 0 saturated carbocycles. The normalized spacial score (nSPS) is 11.6. The van der Waals surface area contributed by atoms with Crippen molar-refractivity contribution in [2.45, 2.75) is 19.6 Å². The van der Waals surface area contributed by atoms with Crippen LogP contribution in [0.25, 0.3) is 0 Å². The fourth-order valence-corrected chi connectivity index (χ4v) is 2.92. The summed E-state index contributed by atoms with van der Waals surface area (Å²) in [4.78, 5) is 20.9. The minimum atomic E-state index is -0.201. The maximum absolute atomic E-state index is 12.5. The summed E-state index contributed by atoms with van der Waals surface area (Å²) in [7, 11) is 1.54. The van der Waals surface area contributed by atoms with E-state index < -0.39 is 0 Å². The third-order valence-electron chi connectivity index (χ3n) is 3.76. The second-order valence-electron chi connectivity index (χ2n) is 5.58. The predicted octanol–water partition coefficient (Wildman–Crippen LogP) is 3.62. The molecule has 1 unspecified atom stereocenters. The quantitative estimate of drug-likeness (QED) is 0.689. The first-order valence-electron chi connectivity index (χ1n) is 8.07. The molecule has 0 radical (unpaired) electrons. The van der Waals surface area contributed by atoms with Crippen molar-refractivity contribution in [3.8, 4) is 11.5 Å². The van der Waals surface area contributed by atoms with E-state index in [1.54, 1.807) is 37.0 Å². The van der Waals surface area contributed by atoms with Gasteiger partial charge in [-0.15, -0.1) is 11.3 Å². The maximum Gasteiger partial charge on any atom is 0.251 e. The molecule has 0 saturated heterocycles. The molecule has 0 aliphatic carbocycles. The van der Waals surface area contributed by atoms with Crippen LogP contribution in [0.15, 0.2) is 53.5 Å². The third kappa shape index (κ3) is 4.37. The lowest BCUT2D eigenvalue weighted by atomic mass is 10.1. The zero-order valence-electron chi connectivity index (χ0n) is 14.5. The number of carbonyl (C=O) groups is 1. The van der Waals surface area contributed by atoms with Crippen LogP contribution < -0.4 is 14.8 Å². The largest absolute Gasteiger partial charge is 0.493 e. The number of ether oxygens (including phenoxy) is 2. The zero-order valence-corrected chi connectivity index (χ0v) is 15.3. The predicted molar refractivity (Wildman–Crippen MR) is 99.6 cm³/mol. The van der Waals surface area contributed by atoms with Crippen molar-refractivity contribution in [2.75, 3.05) is 7.11 Å². The van der Waals surface area contributed by atoms with Gasteiger partial charge in [0.05, 0.1) is 30.1 Å². The van der Waals surface area contributed by atoms with E-state index in [9.17, 15) is 4.79 Å². The molecule has 6 nitrogen and oxygen atoms in total. The molecule has 3 rings (SSSR count). The fraction of sp³-hybridized carbons (Fsp3) is 0.211. The number of nitrogens with zero attached hydrogens (tertiary/aromatic N) is 2. The van der Waals surface area contributed by atoms with Gasteiger partial charge >= 0.3 is 0 Å². The van der Waals surface area contributed by atoms with Gasteiger partial charge in [0.1, 0.15) is 6.61 Å². The van der Waals surface area contributed by atoms with Crippen molar-refractivity contribution in [2.24, 2.45) is 0 Å². The van der Waals surface area contributed by atoms with Gasteiger partial charge < -0.3 is 14.8 Å². The average molecular weight is 369 g/mol. The second-order valence-corrected chi connectivity index (χ2v) is 6.30. The van der Waals surface area contributed by atoms with Crippen molar-refractivity contribution in [3.05, 3.63) is 70.4 Å². The molecule has 3 aromatic rings. The van der Waals surface area contributed by atoms with Crippen LogP contribution in [0, 0.1) is 0 Å². The average Bonchev–Trinajstić information content (AvgIpc) is 3.20. The lowest BCUT2D eigenvalue weighted by Crippen LogP contribution is -2.27. The summed E-state index contributed by atoms with van der Waals surface area (Å²) in [5.74, 6) is 0.862. The Labute approximate surface area is 155 Å². The number of amides is 1. The molecule has 26 heavy (non-hydrogen) atoms. The SMILES string of the molecule is COc1cc(C(=O)NC(C)c2ccccn2)ccc1OCc1cscn1. The van der Waals surface area contributed by atoms with E-state index in [1.807, 2.05) is 30.5 Å². The molecule has 1 N–H and O–H groups in total. The topological polar surface area (TPSA) is 73.3 Å².